The molecule has 34 heavy (non-hydrogen) atoms. The Labute approximate surface area is 201 Å². The van der Waals surface area contributed by atoms with E-state index in [0.717, 1.165) is 40.2 Å². The molecule has 180 valence electrons. The van der Waals surface area contributed by atoms with Crippen LogP contribution in [0.4, 0.5) is 24.8 Å². The van der Waals surface area contributed by atoms with Crippen molar-refractivity contribution in [2.45, 2.75) is 18.3 Å². The molecule has 9 nitrogen and oxygen atoms in total. The van der Waals surface area contributed by atoms with Gasteiger partial charge in [-0.1, -0.05) is 35.5 Å². The van der Waals surface area contributed by atoms with Gasteiger partial charge in [-0.05, 0) is 37.3 Å². The van der Waals surface area contributed by atoms with E-state index in [0.29, 0.717) is 11.5 Å². The van der Waals surface area contributed by atoms with Gasteiger partial charge in [-0.15, -0.1) is 10.2 Å². The zero-order chi connectivity index (χ0) is 24.9. The fourth-order valence-corrected chi connectivity index (χ4v) is 3.43. The molecule has 1 heterocycles. The lowest BCUT2D eigenvalue weighted by Gasteiger charge is -2.11. The summed E-state index contributed by atoms with van der Waals surface area (Å²) in [4.78, 5) is 12.2. The normalized spacial score (nSPS) is 11.9. The number of nitrogen functional groups attached to an aromatic ring is 1. The molecule has 0 bridgehead atoms. The average Bonchev–Trinajstić information content (AvgIpc) is 3.16. The zero-order valence-electron chi connectivity index (χ0n) is 17.9. The highest BCUT2D eigenvalue weighted by atomic mass is 35.5. The van der Waals surface area contributed by atoms with Crippen molar-refractivity contribution in [2.75, 3.05) is 29.4 Å². The smallest absolute Gasteiger partial charge is 0.416 e. The van der Waals surface area contributed by atoms with Crippen molar-refractivity contribution >= 4 is 46.6 Å². The molecule has 2 aromatic carbocycles. The molecule has 0 saturated heterocycles. The Morgan fingerprint density at radius 2 is 2.03 bits per heavy atom. The van der Waals surface area contributed by atoms with Crippen LogP contribution in [0.5, 0.6) is 5.75 Å². The van der Waals surface area contributed by atoms with E-state index in [1.54, 1.807) is 20.1 Å². The maximum atomic E-state index is 12.9. The quantitative estimate of drug-likeness (QED) is 0.178. The van der Waals surface area contributed by atoms with Gasteiger partial charge in [-0.2, -0.15) is 18.3 Å². The van der Waals surface area contributed by atoms with Gasteiger partial charge in [-0.3, -0.25) is 4.79 Å². The molecule has 1 amide bonds. The lowest BCUT2D eigenvalue weighted by Crippen LogP contribution is -2.17. The average molecular weight is 514 g/mol. The number of anilines is 2. The largest absolute Gasteiger partial charge is 0.497 e. The summed E-state index contributed by atoms with van der Waals surface area (Å²) in [7, 11) is 1.56. The van der Waals surface area contributed by atoms with Gasteiger partial charge < -0.3 is 15.9 Å². The number of aromatic nitrogens is 3. The number of hydrogen-bond donors (Lipinski definition) is 3. The van der Waals surface area contributed by atoms with Gasteiger partial charge in [0.25, 0.3) is 5.95 Å². The number of benzene rings is 2. The number of nitrogens with one attached hydrogen (secondary N) is 2. The summed E-state index contributed by atoms with van der Waals surface area (Å²) in [5.41, 5.74) is 3.06. The number of rotatable bonds is 8. The van der Waals surface area contributed by atoms with Crippen molar-refractivity contribution in [3.05, 3.63) is 58.6 Å². The minimum Gasteiger partial charge on any atom is -0.497 e. The van der Waals surface area contributed by atoms with E-state index in [1.807, 2.05) is 18.2 Å². The van der Waals surface area contributed by atoms with Crippen molar-refractivity contribution in [3.63, 3.8) is 0 Å². The maximum Gasteiger partial charge on any atom is 0.416 e. The predicted octanol–water partition coefficient (Wildman–Crippen LogP) is 4.24. The molecule has 1 aromatic heterocycles. The fraction of sp³-hybridized carbons (Fsp3) is 0.200. The first kappa shape index (κ1) is 25.2. The van der Waals surface area contributed by atoms with Gasteiger partial charge in [-0.25, -0.2) is 10.1 Å². The fourth-order valence-electron chi connectivity index (χ4n) is 2.61. The number of carbonyl (C=O) groups is 1. The molecule has 0 aliphatic carbocycles. The third-order valence-electron chi connectivity index (χ3n) is 4.38. The second-order valence-electron chi connectivity index (χ2n) is 6.75. The SMILES string of the molecule is COc1cccc(/C(C)=N/Nc2nnc(SCC(=O)Nc3cc(C(F)(F)F)ccc3Cl)n2N)c1. The molecule has 0 aliphatic rings. The Bertz CT molecular complexity index is 1220. The van der Waals surface area contributed by atoms with Crippen LogP contribution in [-0.2, 0) is 11.0 Å². The molecule has 0 saturated carbocycles. The number of ether oxygens (including phenoxy) is 1. The number of halogens is 4. The second kappa shape index (κ2) is 10.7. The number of nitrogens with zero attached hydrogens (tertiary/aromatic N) is 4. The van der Waals surface area contributed by atoms with Crippen LogP contribution in [0.25, 0.3) is 0 Å². The van der Waals surface area contributed by atoms with Crippen LogP contribution in [0.2, 0.25) is 5.02 Å². The van der Waals surface area contributed by atoms with E-state index in [1.165, 1.54) is 0 Å². The molecule has 0 fully saturated rings. The molecule has 14 heteroatoms. The van der Waals surface area contributed by atoms with E-state index in [9.17, 15) is 18.0 Å². The number of nitrogens with two attached hydrogens (primary N) is 1. The van der Waals surface area contributed by atoms with Crippen LogP contribution in [0.1, 0.15) is 18.1 Å². The third kappa shape index (κ3) is 6.32. The first-order valence-electron chi connectivity index (χ1n) is 9.53. The number of thioether (sulfide) groups is 1. The van der Waals surface area contributed by atoms with Crippen LogP contribution in [0, 0.1) is 0 Å². The summed E-state index contributed by atoms with van der Waals surface area (Å²) in [5.74, 6) is 5.94. The Morgan fingerprint density at radius 3 is 2.74 bits per heavy atom. The Hall–Kier alpha value is -3.45. The lowest BCUT2D eigenvalue weighted by molar-refractivity contribution is -0.137. The lowest BCUT2D eigenvalue weighted by atomic mass is 10.1. The molecule has 0 radical (unpaired) electrons. The van der Waals surface area contributed by atoms with Crippen molar-refractivity contribution in [1.29, 1.82) is 0 Å². The minimum atomic E-state index is -4.56. The van der Waals surface area contributed by atoms with Crippen molar-refractivity contribution in [3.8, 4) is 5.75 Å². The summed E-state index contributed by atoms with van der Waals surface area (Å²) < 4.78 is 44.9. The van der Waals surface area contributed by atoms with Crippen LogP contribution in [-0.4, -0.2) is 39.4 Å². The Kier molecular flexibility index (Phi) is 7.89. The summed E-state index contributed by atoms with van der Waals surface area (Å²) >= 11 is 6.82. The molecule has 3 aromatic rings. The van der Waals surface area contributed by atoms with Gasteiger partial charge >= 0.3 is 6.18 Å². The van der Waals surface area contributed by atoms with Crippen molar-refractivity contribution in [2.24, 2.45) is 5.10 Å². The molecule has 0 aliphatic heterocycles. The van der Waals surface area contributed by atoms with Crippen molar-refractivity contribution in [1.82, 2.24) is 14.9 Å². The third-order valence-corrected chi connectivity index (χ3v) is 5.65. The minimum absolute atomic E-state index is 0.0240. The monoisotopic (exact) mass is 513 g/mol. The van der Waals surface area contributed by atoms with E-state index in [4.69, 9.17) is 22.2 Å². The van der Waals surface area contributed by atoms with Crippen LogP contribution >= 0.6 is 23.4 Å². The zero-order valence-corrected chi connectivity index (χ0v) is 19.4. The maximum absolute atomic E-state index is 12.9. The van der Waals surface area contributed by atoms with Crippen LogP contribution in [0.3, 0.4) is 0 Å². The number of hydrazone groups is 1. The van der Waals surface area contributed by atoms with Gasteiger partial charge in [0.15, 0.2) is 0 Å². The summed E-state index contributed by atoms with van der Waals surface area (Å²) in [6, 6.07) is 9.95. The number of carbonyl (C=O) groups excluding carboxylic acids is 1. The first-order chi connectivity index (χ1) is 16.1. The Morgan fingerprint density at radius 1 is 1.26 bits per heavy atom. The number of alkyl halides is 3. The first-order valence-corrected chi connectivity index (χ1v) is 10.9. The highest BCUT2D eigenvalue weighted by Crippen LogP contribution is 2.34. The Balaban J connectivity index is 1.61. The summed E-state index contributed by atoms with van der Waals surface area (Å²) in [6.45, 7) is 1.78. The topological polar surface area (TPSA) is 119 Å². The molecular weight excluding hydrogens is 495 g/mol. The summed E-state index contributed by atoms with van der Waals surface area (Å²) in [5, 5.41) is 14.5. The molecule has 3 rings (SSSR count). The van der Waals surface area contributed by atoms with E-state index >= 15 is 0 Å². The predicted molar refractivity (Wildman–Crippen MR) is 125 cm³/mol. The highest BCUT2D eigenvalue weighted by Gasteiger charge is 2.31. The summed E-state index contributed by atoms with van der Waals surface area (Å²) in [6.07, 6.45) is -4.56. The molecule has 0 atom stereocenters. The van der Waals surface area contributed by atoms with Crippen molar-refractivity contribution < 1.29 is 22.7 Å². The van der Waals surface area contributed by atoms with Gasteiger partial charge in [0, 0.05) is 5.56 Å². The molecular formula is C20H19ClF3N7O2S. The number of methoxy groups -OCH3 is 1. The van der Waals surface area contributed by atoms with Crippen LogP contribution < -0.4 is 21.3 Å². The van der Waals surface area contributed by atoms with Crippen LogP contribution in [0.15, 0.2) is 52.7 Å². The standard InChI is InChI=1S/C20H19ClF3N7O2S/c1-11(12-4-3-5-14(8-12)33-2)27-28-18-29-30-19(31(18)25)34-10-17(32)26-16-9-13(20(22,23)24)6-7-15(16)21/h3-9H,10,25H2,1-2H3,(H,26,32)(H,28,29)/b27-11+. The van der Waals surface area contributed by atoms with E-state index in [-0.39, 0.29) is 27.6 Å². The van der Waals surface area contributed by atoms with Gasteiger partial charge in [0.05, 0.1) is 34.8 Å². The van der Waals surface area contributed by atoms with Gasteiger partial charge in [0.1, 0.15) is 5.75 Å². The molecule has 4 N–H and O–H groups in total. The highest BCUT2D eigenvalue weighted by molar-refractivity contribution is 7.99. The molecule has 0 unspecified atom stereocenters. The number of amides is 1. The second-order valence-corrected chi connectivity index (χ2v) is 8.10. The van der Waals surface area contributed by atoms with E-state index < -0.39 is 17.6 Å². The number of hydrogen-bond acceptors (Lipinski definition) is 8. The van der Waals surface area contributed by atoms with Gasteiger partial charge in [0.2, 0.25) is 11.1 Å². The molecule has 0 spiro atoms. The van der Waals surface area contributed by atoms with E-state index in [2.05, 4.69) is 26.0 Å².